The average molecular weight is 221 g/mol. The molecule has 0 atom stereocenters. The number of nitroso groups, excluding NO2 is 1. The van der Waals surface area contributed by atoms with Crippen LogP contribution < -0.4 is 5.32 Å². The first-order chi connectivity index (χ1) is 7.69. The van der Waals surface area contributed by atoms with E-state index in [1.165, 1.54) is 6.20 Å². The molecule has 0 saturated heterocycles. The number of nitrogens with one attached hydrogen (secondary N) is 1. The van der Waals surface area contributed by atoms with Crippen LogP contribution in [0.25, 0.3) is 0 Å². The molecule has 1 heterocycles. The minimum atomic E-state index is -0.108. The second-order valence-corrected chi connectivity index (χ2v) is 3.44. The molecule has 16 heavy (non-hydrogen) atoms. The Bertz CT molecular complexity index is 369. The fourth-order valence-corrected chi connectivity index (χ4v) is 1.28. The van der Waals surface area contributed by atoms with E-state index in [4.69, 9.17) is 0 Å². The van der Waals surface area contributed by atoms with Gasteiger partial charge in [0.05, 0.1) is 17.5 Å². The van der Waals surface area contributed by atoms with Crippen LogP contribution in [-0.4, -0.2) is 24.4 Å². The van der Waals surface area contributed by atoms with Gasteiger partial charge in [0.2, 0.25) is 0 Å². The lowest BCUT2D eigenvalue weighted by Gasteiger charge is -2.19. The fraction of sp³-hybridized carbons (Fsp3) is 0.364. The normalized spacial score (nSPS) is 17.2. The van der Waals surface area contributed by atoms with Crippen LogP contribution in [0.15, 0.2) is 41.0 Å². The average Bonchev–Trinajstić information content (AvgIpc) is 2.29. The molecule has 86 valence electrons. The Morgan fingerprint density at radius 3 is 2.88 bits per heavy atom. The third-order valence-electron chi connectivity index (χ3n) is 2.16. The summed E-state index contributed by atoms with van der Waals surface area (Å²) in [4.78, 5) is 23.4. The van der Waals surface area contributed by atoms with E-state index in [9.17, 15) is 9.70 Å². The van der Waals surface area contributed by atoms with Crippen molar-refractivity contribution in [3.8, 4) is 0 Å². The zero-order chi connectivity index (χ0) is 12.0. The zero-order valence-electron chi connectivity index (χ0n) is 9.43. The van der Waals surface area contributed by atoms with E-state index in [1.54, 1.807) is 30.3 Å². The molecular formula is C11H15N3O2. The van der Waals surface area contributed by atoms with Gasteiger partial charge >= 0.3 is 0 Å². The van der Waals surface area contributed by atoms with Crippen molar-refractivity contribution in [2.24, 2.45) is 5.18 Å². The predicted molar refractivity (Wildman–Crippen MR) is 62.2 cm³/mol. The fourth-order valence-electron chi connectivity index (χ4n) is 1.28. The number of allylic oxidation sites excluding steroid dienone is 1. The van der Waals surface area contributed by atoms with Gasteiger partial charge in [-0.1, -0.05) is 6.92 Å². The molecule has 1 aliphatic heterocycles. The number of carbonyl (C=O) groups is 1. The van der Waals surface area contributed by atoms with E-state index in [2.05, 4.69) is 10.5 Å². The molecule has 0 aliphatic carbocycles. The summed E-state index contributed by atoms with van der Waals surface area (Å²) >= 11 is 0. The lowest BCUT2D eigenvalue weighted by molar-refractivity contribution is -0.117. The van der Waals surface area contributed by atoms with Crippen molar-refractivity contribution in [3.63, 3.8) is 0 Å². The summed E-state index contributed by atoms with van der Waals surface area (Å²) in [5.74, 6) is -0.108. The third kappa shape index (κ3) is 3.05. The van der Waals surface area contributed by atoms with Gasteiger partial charge in [-0.2, -0.15) is 0 Å². The van der Waals surface area contributed by atoms with Crippen molar-refractivity contribution in [1.29, 1.82) is 0 Å². The second kappa shape index (κ2) is 5.85. The highest BCUT2D eigenvalue weighted by Gasteiger charge is 2.12. The molecule has 0 unspecified atom stereocenters. The molecule has 1 N–H and O–H groups in total. The molecule has 0 radical (unpaired) electrons. The first-order valence-corrected chi connectivity index (χ1v) is 5.12. The molecule has 1 aliphatic rings. The monoisotopic (exact) mass is 221 g/mol. The lowest BCUT2D eigenvalue weighted by atomic mass is 10.1. The number of rotatable bonds is 4. The smallest absolute Gasteiger partial charge is 0.252 e. The van der Waals surface area contributed by atoms with Crippen LogP contribution in [0, 0.1) is 4.91 Å². The molecular weight excluding hydrogens is 206 g/mol. The van der Waals surface area contributed by atoms with Crippen molar-refractivity contribution in [1.82, 2.24) is 10.2 Å². The molecule has 5 heteroatoms. The Labute approximate surface area is 94.5 Å². The van der Waals surface area contributed by atoms with Gasteiger partial charge in [-0.3, -0.25) is 4.79 Å². The van der Waals surface area contributed by atoms with Gasteiger partial charge in [-0.05, 0) is 23.7 Å². The minimum absolute atomic E-state index is 0.108. The maximum absolute atomic E-state index is 11.6. The van der Waals surface area contributed by atoms with E-state index in [0.29, 0.717) is 17.8 Å². The molecule has 1 rings (SSSR count). The second-order valence-electron chi connectivity index (χ2n) is 3.44. The maximum Gasteiger partial charge on any atom is 0.252 e. The molecule has 0 spiro atoms. The van der Waals surface area contributed by atoms with Gasteiger partial charge in [-0.15, -0.1) is 4.91 Å². The first-order valence-electron chi connectivity index (χ1n) is 5.12. The van der Waals surface area contributed by atoms with E-state index in [1.807, 2.05) is 6.92 Å². The van der Waals surface area contributed by atoms with E-state index in [0.717, 1.165) is 6.42 Å². The Morgan fingerprint density at radius 2 is 2.31 bits per heavy atom. The summed E-state index contributed by atoms with van der Waals surface area (Å²) in [5, 5.41) is 5.47. The SMILES string of the molecule is CCCNC(=O)C1=CN(C)C(=CN=O)C=C1. The molecule has 0 saturated carbocycles. The topological polar surface area (TPSA) is 61.8 Å². The molecule has 0 aromatic rings. The zero-order valence-corrected chi connectivity index (χ0v) is 9.43. The summed E-state index contributed by atoms with van der Waals surface area (Å²) in [6.45, 7) is 2.65. The first kappa shape index (κ1) is 12.2. The summed E-state index contributed by atoms with van der Waals surface area (Å²) in [6.07, 6.45) is 7.12. The van der Waals surface area contributed by atoms with Crippen LogP contribution in [0.1, 0.15) is 13.3 Å². The van der Waals surface area contributed by atoms with Crippen LogP contribution >= 0.6 is 0 Å². The number of hydrogen-bond acceptors (Lipinski definition) is 4. The molecule has 1 amide bonds. The highest BCUT2D eigenvalue weighted by Crippen LogP contribution is 2.14. The maximum atomic E-state index is 11.6. The standard InChI is InChI=1S/C11H15N3O2/c1-3-6-12-11(15)9-4-5-10(7-13-16)14(2)8-9/h4-5,7-8H,3,6H2,1-2H3,(H,12,15). The summed E-state index contributed by atoms with van der Waals surface area (Å²) in [5.41, 5.74) is 1.22. The van der Waals surface area contributed by atoms with Gasteiger partial charge in [0, 0.05) is 19.8 Å². The predicted octanol–water partition coefficient (Wildman–Crippen LogP) is 1.51. The van der Waals surface area contributed by atoms with Crippen LogP contribution in [0.4, 0.5) is 0 Å². The van der Waals surface area contributed by atoms with Crippen LogP contribution in [0.3, 0.4) is 0 Å². The van der Waals surface area contributed by atoms with E-state index in [-0.39, 0.29) is 5.91 Å². The Morgan fingerprint density at radius 1 is 1.56 bits per heavy atom. The van der Waals surface area contributed by atoms with Gasteiger partial charge < -0.3 is 10.2 Å². The van der Waals surface area contributed by atoms with Crippen molar-refractivity contribution in [2.45, 2.75) is 13.3 Å². The number of carbonyl (C=O) groups excluding carboxylic acids is 1. The Balaban J connectivity index is 2.70. The summed E-state index contributed by atoms with van der Waals surface area (Å²) < 4.78 is 0. The Kier molecular flexibility index (Phi) is 4.44. The third-order valence-corrected chi connectivity index (χ3v) is 2.16. The largest absolute Gasteiger partial charge is 0.352 e. The van der Waals surface area contributed by atoms with Crippen LogP contribution in [0.5, 0.6) is 0 Å². The summed E-state index contributed by atoms with van der Waals surface area (Å²) in [6, 6.07) is 0. The molecule has 0 aromatic heterocycles. The van der Waals surface area contributed by atoms with Crippen molar-refractivity contribution in [2.75, 3.05) is 13.6 Å². The Hall–Kier alpha value is -1.91. The highest BCUT2D eigenvalue weighted by atomic mass is 16.2. The van der Waals surface area contributed by atoms with E-state index < -0.39 is 0 Å². The van der Waals surface area contributed by atoms with Crippen molar-refractivity contribution >= 4 is 5.91 Å². The van der Waals surface area contributed by atoms with Crippen LogP contribution in [-0.2, 0) is 4.79 Å². The number of amides is 1. The van der Waals surface area contributed by atoms with Gasteiger partial charge in [-0.25, -0.2) is 0 Å². The van der Waals surface area contributed by atoms with Crippen molar-refractivity contribution < 1.29 is 4.79 Å². The lowest BCUT2D eigenvalue weighted by Crippen LogP contribution is -2.27. The van der Waals surface area contributed by atoms with Crippen LogP contribution in [0.2, 0.25) is 0 Å². The number of nitrogens with zero attached hydrogens (tertiary/aromatic N) is 2. The van der Waals surface area contributed by atoms with Gasteiger partial charge in [0.1, 0.15) is 0 Å². The number of likely N-dealkylation sites (N-methyl/N-ethyl adjacent to an activating group) is 1. The minimum Gasteiger partial charge on any atom is -0.352 e. The molecule has 0 bridgehead atoms. The highest BCUT2D eigenvalue weighted by molar-refractivity contribution is 5.96. The van der Waals surface area contributed by atoms with Gasteiger partial charge in [0.25, 0.3) is 5.91 Å². The van der Waals surface area contributed by atoms with Gasteiger partial charge in [0.15, 0.2) is 0 Å². The number of hydrogen-bond donors (Lipinski definition) is 1. The summed E-state index contributed by atoms with van der Waals surface area (Å²) in [7, 11) is 1.76. The quantitative estimate of drug-likeness (QED) is 0.732. The molecule has 0 fully saturated rings. The molecule has 0 aromatic carbocycles. The van der Waals surface area contributed by atoms with Crippen molar-refractivity contribution in [3.05, 3.63) is 40.7 Å². The molecule has 5 nitrogen and oxygen atoms in total. The van der Waals surface area contributed by atoms with E-state index >= 15 is 0 Å².